The summed E-state index contributed by atoms with van der Waals surface area (Å²) in [6.45, 7) is 2.29. The zero-order chi connectivity index (χ0) is 15.8. The Bertz CT molecular complexity index is 714. The number of carboxylic acids is 1. The second kappa shape index (κ2) is 7.70. The van der Waals surface area contributed by atoms with Gasteiger partial charge in [-0.2, -0.15) is 0 Å². The third kappa shape index (κ3) is 4.84. The quantitative estimate of drug-likeness (QED) is 0.674. The average molecular weight is 292 g/mol. The van der Waals surface area contributed by atoms with Crippen LogP contribution in [0.1, 0.15) is 23.6 Å². The van der Waals surface area contributed by atoms with Gasteiger partial charge in [-0.1, -0.05) is 30.2 Å². The van der Waals surface area contributed by atoms with Crippen molar-refractivity contribution in [3.05, 3.63) is 71.3 Å². The predicted molar refractivity (Wildman–Crippen MR) is 86.4 cm³/mol. The van der Waals surface area contributed by atoms with E-state index in [1.807, 2.05) is 55.5 Å². The summed E-state index contributed by atoms with van der Waals surface area (Å²) in [5.74, 6) is 5.64. The minimum atomic E-state index is -0.962. The average Bonchev–Trinajstić information content (AvgIpc) is 2.53. The van der Waals surface area contributed by atoms with Crippen molar-refractivity contribution in [2.75, 3.05) is 0 Å². The van der Waals surface area contributed by atoms with Crippen LogP contribution in [0.25, 0.3) is 6.08 Å². The smallest absolute Gasteiger partial charge is 0.328 e. The third-order valence-electron chi connectivity index (χ3n) is 2.93. The van der Waals surface area contributed by atoms with Crippen molar-refractivity contribution in [3.8, 4) is 17.6 Å². The Morgan fingerprint density at radius 3 is 2.41 bits per heavy atom. The molecule has 1 N–H and O–H groups in total. The summed E-state index contributed by atoms with van der Waals surface area (Å²) in [7, 11) is 0. The van der Waals surface area contributed by atoms with Crippen LogP contribution in [0, 0.1) is 11.8 Å². The number of ether oxygens (including phenoxy) is 1. The molecular formula is C19H16O3. The maximum Gasteiger partial charge on any atom is 0.328 e. The van der Waals surface area contributed by atoms with E-state index in [1.165, 1.54) is 0 Å². The van der Waals surface area contributed by atoms with Gasteiger partial charge >= 0.3 is 5.97 Å². The van der Waals surface area contributed by atoms with Crippen LogP contribution in [-0.2, 0) is 11.4 Å². The van der Waals surface area contributed by atoms with Gasteiger partial charge in [-0.05, 0) is 48.4 Å². The first kappa shape index (κ1) is 15.4. The van der Waals surface area contributed by atoms with Gasteiger partial charge in [0.25, 0.3) is 0 Å². The standard InChI is InChI=1S/C19H16O3/c1-2-3-15-4-6-17(7-5-15)14-22-18-11-8-16(9-12-18)10-13-19(20)21/h4-13H,14H2,1H3,(H,20,21)/b13-10+. The first-order valence-electron chi connectivity index (χ1n) is 6.83. The number of hydrogen-bond acceptors (Lipinski definition) is 2. The third-order valence-corrected chi connectivity index (χ3v) is 2.93. The van der Waals surface area contributed by atoms with Gasteiger partial charge in [-0.25, -0.2) is 4.79 Å². The van der Waals surface area contributed by atoms with E-state index in [0.29, 0.717) is 6.61 Å². The number of hydrogen-bond donors (Lipinski definition) is 1. The van der Waals surface area contributed by atoms with E-state index in [-0.39, 0.29) is 0 Å². The molecule has 0 spiro atoms. The molecule has 0 aliphatic carbocycles. The predicted octanol–water partition coefficient (Wildman–Crippen LogP) is 3.73. The van der Waals surface area contributed by atoms with Crippen LogP contribution in [0.15, 0.2) is 54.6 Å². The van der Waals surface area contributed by atoms with Gasteiger partial charge in [0.2, 0.25) is 0 Å². The van der Waals surface area contributed by atoms with Gasteiger partial charge in [0, 0.05) is 11.6 Å². The zero-order valence-electron chi connectivity index (χ0n) is 12.2. The van der Waals surface area contributed by atoms with E-state index >= 15 is 0 Å². The molecule has 0 radical (unpaired) electrons. The first-order valence-corrected chi connectivity index (χ1v) is 6.83. The molecule has 0 unspecified atom stereocenters. The van der Waals surface area contributed by atoms with E-state index in [2.05, 4.69) is 11.8 Å². The number of carboxylic acid groups (broad SMARTS) is 1. The molecule has 3 heteroatoms. The minimum Gasteiger partial charge on any atom is -0.489 e. The van der Waals surface area contributed by atoms with Crippen molar-refractivity contribution in [3.63, 3.8) is 0 Å². The van der Waals surface area contributed by atoms with Gasteiger partial charge in [0.1, 0.15) is 12.4 Å². The molecule has 0 aliphatic rings. The molecule has 0 heterocycles. The molecule has 2 aromatic carbocycles. The molecule has 0 fully saturated rings. The van der Waals surface area contributed by atoms with Crippen LogP contribution in [0.2, 0.25) is 0 Å². The maximum atomic E-state index is 10.4. The minimum absolute atomic E-state index is 0.476. The van der Waals surface area contributed by atoms with E-state index in [0.717, 1.165) is 28.5 Å². The highest BCUT2D eigenvalue weighted by atomic mass is 16.5. The highest BCUT2D eigenvalue weighted by molar-refractivity contribution is 5.85. The highest BCUT2D eigenvalue weighted by Gasteiger charge is 1.97. The van der Waals surface area contributed by atoms with E-state index in [1.54, 1.807) is 6.08 Å². The molecule has 2 aromatic rings. The molecule has 0 amide bonds. The van der Waals surface area contributed by atoms with Gasteiger partial charge in [-0.3, -0.25) is 0 Å². The Morgan fingerprint density at radius 2 is 1.82 bits per heavy atom. The summed E-state index contributed by atoms with van der Waals surface area (Å²) in [5.41, 5.74) is 2.87. The molecule has 22 heavy (non-hydrogen) atoms. The summed E-state index contributed by atoms with van der Waals surface area (Å²) in [4.78, 5) is 10.4. The fourth-order valence-electron chi connectivity index (χ4n) is 1.84. The molecule has 0 atom stereocenters. The number of carbonyl (C=O) groups is 1. The van der Waals surface area contributed by atoms with Crippen LogP contribution in [-0.4, -0.2) is 11.1 Å². The molecule has 2 rings (SSSR count). The molecule has 0 bridgehead atoms. The Morgan fingerprint density at radius 1 is 1.14 bits per heavy atom. The summed E-state index contributed by atoms with van der Waals surface area (Å²) >= 11 is 0. The Kier molecular flexibility index (Phi) is 5.39. The lowest BCUT2D eigenvalue weighted by molar-refractivity contribution is -0.131. The van der Waals surface area contributed by atoms with E-state index in [4.69, 9.17) is 9.84 Å². The summed E-state index contributed by atoms with van der Waals surface area (Å²) < 4.78 is 5.70. The Hall–Kier alpha value is -2.99. The van der Waals surface area contributed by atoms with E-state index in [9.17, 15) is 4.79 Å². The van der Waals surface area contributed by atoms with Crippen molar-refractivity contribution in [1.82, 2.24) is 0 Å². The van der Waals surface area contributed by atoms with Gasteiger partial charge < -0.3 is 9.84 Å². The fourth-order valence-corrected chi connectivity index (χ4v) is 1.84. The lowest BCUT2D eigenvalue weighted by Crippen LogP contribution is -1.95. The topological polar surface area (TPSA) is 46.5 Å². The monoisotopic (exact) mass is 292 g/mol. The molecule has 0 saturated carbocycles. The number of benzene rings is 2. The maximum absolute atomic E-state index is 10.4. The lowest BCUT2D eigenvalue weighted by Gasteiger charge is -2.06. The molecular weight excluding hydrogens is 276 g/mol. The van der Waals surface area contributed by atoms with Gasteiger partial charge in [0.05, 0.1) is 0 Å². The Balaban J connectivity index is 1.93. The van der Waals surface area contributed by atoms with Crippen molar-refractivity contribution in [1.29, 1.82) is 0 Å². The van der Waals surface area contributed by atoms with Gasteiger partial charge in [-0.15, -0.1) is 5.92 Å². The van der Waals surface area contributed by atoms with Crippen molar-refractivity contribution in [2.24, 2.45) is 0 Å². The lowest BCUT2D eigenvalue weighted by atomic mass is 10.1. The number of rotatable bonds is 5. The van der Waals surface area contributed by atoms with Crippen LogP contribution < -0.4 is 4.74 Å². The molecule has 3 nitrogen and oxygen atoms in total. The second-order valence-corrected chi connectivity index (χ2v) is 4.60. The molecule has 0 aliphatic heterocycles. The van der Waals surface area contributed by atoms with Gasteiger partial charge in [0.15, 0.2) is 0 Å². The summed E-state index contributed by atoms with van der Waals surface area (Å²) in [6.07, 6.45) is 2.65. The molecule has 0 saturated heterocycles. The zero-order valence-corrected chi connectivity index (χ0v) is 12.2. The van der Waals surface area contributed by atoms with Crippen molar-refractivity contribution in [2.45, 2.75) is 13.5 Å². The summed E-state index contributed by atoms with van der Waals surface area (Å²) in [6, 6.07) is 15.2. The van der Waals surface area contributed by atoms with Crippen LogP contribution >= 0.6 is 0 Å². The largest absolute Gasteiger partial charge is 0.489 e. The first-order chi connectivity index (χ1) is 10.7. The molecule has 110 valence electrons. The molecule has 0 aromatic heterocycles. The van der Waals surface area contributed by atoms with Crippen LogP contribution in [0.5, 0.6) is 5.75 Å². The number of aliphatic carboxylic acids is 1. The highest BCUT2D eigenvalue weighted by Crippen LogP contribution is 2.15. The van der Waals surface area contributed by atoms with Crippen molar-refractivity contribution < 1.29 is 14.6 Å². The van der Waals surface area contributed by atoms with Crippen molar-refractivity contribution >= 4 is 12.0 Å². The van der Waals surface area contributed by atoms with E-state index < -0.39 is 5.97 Å². The second-order valence-electron chi connectivity index (χ2n) is 4.60. The normalized spacial score (nSPS) is 10.0. The fraction of sp³-hybridized carbons (Fsp3) is 0.105. The Labute approximate surface area is 129 Å². The SMILES string of the molecule is CC#Cc1ccc(COc2ccc(/C=C/C(=O)O)cc2)cc1. The van der Waals surface area contributed by atoms with Crippen LogP contribution in [0.4, 0.5) is 0 Å². The summed E-state index contributed by atoms with van der Waals surface area (Å²) in [5, 5.41) is 8.57. The van der Waals surface area contributed by atoms with Crippen LogP contribution in [0.3, 0.4) is 0 Å².